The van der Waals surface area contributed by atoms with Crippen molar-refractivity contribution < 1.29 is 9.90 Å². The zero-order chi connectivity index (χ0) is 16.1. The van der Waals surface area contributed by atoms with Crippen molar-refractivity contribution in [2.45, 2.75) is 32.1 Å². The van der Waals surface area contributed by atoms with E-state index < -0.39 is 0 Å². The first-order chi connectivity index (χ1) is 11.3. The quantitative estimate of drug-likeness (QED) is 0.897. The van der Waals surface area contributed by atoms with E-state index in [2.05, 4.69) is 4.90 Å². The van der Waals surface area contributed by atoms with Gasteiger partial charge in [0, 0.05) is 37.0 Å². The molecule has 1 N–H and O–H groups in total. The number of likely N-dealkylation sites (tertiary alicyclic amines) is 2. The van der Waals surface area contributed by atoms with E-state index in [0.29, 0.717) is 12.3 Å². The van der Waals surface area contributed by atoms with Crippen molar-refractivity contribution in [1.29, 1.82) is 0 Å². The lowest BCUT2D eigenvalue weighted by atomic mass is 9.96. The van der Waals surface area contributed by atoms with Gasteiger partial charge in [-0.25, -0.2) is 0 Å². The minimum atomic E-state index is 0.196. The summed E-state index contributed by atoms with van der Waals surface area (Å²) in [6.45, 7) is 5.12. The largest absolute Gasteiger partial charge is 0.396 e. The van der Waals surface area contributed by atoms with E-state index in [-0.39, 0.29) is 18.4 Å². The summed E-state index contributed by atoms with van der Waals surface area (Å²) in [6, 6.07) is 4.02. The van der Waals surface area contributed by atoms with Crippen LogP contribution in [0.4, 0.5) is 0 Å². The van der Waals surface area contributed by atoms with Gasteiger partial charge in [0.25, 0.3) is 0 Å². The second kappa shape index (κ2) is 8.27. The molecular weight excluding hydrogens is 308 g/mol. The van der Waals surface area contributed by atoms with Crippen molar-refractivity contribution in [2.75, 3.05) is 39.3 Å². The molecular formula is C18H28N2O2S. The third-order valence-electron chi connectivity index (χ3n) is 5.26. The van der Waals surface area contributed by atoms with Crippen LogP contribution in [0.5, 0.6) is 0 Å². The summed E-state index contributed by atoms with van der Waals surface area (Å²) in [7, 11) is 0. The fraction of sp³-hybridized carbons (Fsp3) is 0.722. The number of rotatable bonds is 5. The molecule has 0 bridgehead atoms. The third-order valence-corrected chi connectivity index (χ3v) is 6.14. The molecule has 2 aliphatic rings. The standard InChI is InChI=1S/C18H28N2O2S/c21-14-16-13-20(18(22)10-17-6-5-9-23-17)12-15(16)11-19-7-3-1-2-4-8-19/h5-6,9,15-16,21H,1-4,7-8,10-14H2/t15-,16-/m0/s1. The van der Waals surface area contributed by atoms with E-state index in [1.165, 1.54) is 38.8 Å². The fourth-order valence-electron chi connectivity index (χ4n) is 3.88. The van der Waals surface area contributed by atoms with Crippen LogP contribution >= 0.6 is 11.3 Å². The van der Waals surface area contributed by atoms with Crippen molar-refractivity contribution in [3.63, 3.8) is 0 Å². The van der Waals surface area contributed by atoms with Crippen molar-refractivity contribution in [2.24, 2.45) is 11.8 Å². The van der Waals surface area contributed by atoms with Crippen LogP contribution in [-0.2, 0) is 11.2 Å². The smallest absolute Gasteiger partial charge is 0.227 e. The van der Waals surface area contributed by atoms with Crippen LogP contribution in [0.25, 0.3) is 0 Å². The molecule has 23 heavy (non-hydrogen) atoms. The molecule has 1 amide bonds. The predicted molar refractivity (Wildman–Crippen MR) is 93.6 cm³/mol. The van der Waals surface area contributed by atoms with Crippen LogP contribution in [-0.4, -0.2) is 60.1 Å². The Hall–Kier alpha value is -0.910. The van der Waals surface area contributed by atoms with Gasteiger partial charge >= 0.3 is 0 Å². The Morgan fingerprint density at radius 3 is 2.57 bits per heavy atom. The van der Waals surface area contributed by atoms with Gasteiger partial charge in [0.15, 0.2) is 0 Å². The summed E-state index contributed by atoms with van der Waals surface area (Å²) in [5.74, 6) is 0.875. The number of aliphatic hydroxyl groups excluding tert-OH is 1. The number of hydrogen-bond donors (Lipinski definition) is 1. The fourth-order valence-corrected chi connectivity index (χ4v) is 4.58. The minimum Gasteiger partial charge on any atom is -0.396 e. The number of carbonyl (C=O) groups excluding carboxylic acids is 1. The highest BCUT2D eigenvalue weighted by molar-refractivity contribution is 7.10. The number of nitrogens with zero attached hydrogens (tertiary/aromatic N) is 2. The van der Waals surface area contributed by atoms with E-state index in [9.17, 15) is 9.90 Å². The SMILES string of the molecule is O=C(Cc1cccs1)N1C[C@@H](CO)[C@@H](CN2CCCCCC2)C1. The Balaban J connectivity index is 1.55. The first kappa shape index (κ1) is 16.9. The first-order valence-electron chi connectivity index (χ1n) is 8.89. The average molecular weight is 337 g/mol. The van der Waals surface area contributed by atoms with Crippen LogP contribution in [0.15, 0.2) is 17.5 Å². The molecule has 1 aromatic heterocycles. The Labute approximate surface area is 143 Å². The van der Waals surface area contributed by atoms with Crippen molar-refractivity contribution in [1.82, 2.24) is 9.80 Å². The molecule has 0 radical (unpaired) electrons. The van der Waals surface area contributed by atoms with Crippen LogP contribution < -0.4 is 0 Å². The highest BCUT2D eigenvalue weighted by atomic mass is 32.1. The summed E-state index contributed by atoms with van der Waals surface area (Å²) in [6.07, 6.45) is 5.77. The summed E-state index contributed by atoms with van der Waals surface area (Å²) < 4.78 is 0. The van der Waals surface area contributed by atoms with E-state index in [4.69, 9.17) is 0 Å². The molecule has 2 fully saturated rings. The Morgan fingerprint density at radius 2 is 1.91 bits per heavy atom. The Morgan fingerprint density at radius 1 is 1.17 bits per heavy atom. The number of aliphatic hydroxyl groups is 1. The van der Waals surface area contributed by atoms with Crippen molar-refractivity contribution in [3.8, 4) is 0 Å². The zero-order valence-electron chi connectivity index (χ0n) is 13.8. The summed E-state index contributed by atoms with van der Waals surface area (Å²) in [5, 5.41) is 11.7. The van der Waals surface area contributed by atoms with E-state index in [1.54, 1.807) is 11.3 Å². The maximum atomic E-state index is 12.5. The molecule has 0 spiro atoms. The molecule has 5 heteroatoms. The lowest BCUT2D eigenvalue weighted by Gasteiger charge is -2.26. The van der Waals surface area contributed by atoms with Gasteiger partial charge in [-0.1, -0.05) is 18.9 Å². The molecule has 2 aliphatic heterocycles. The summed E-state index contributed by atoms with van der Waals surface area (Å²) in [4.78, 5) is 18.2. The van der Waals surface area contributed by atoms with Crippen molar-refractivity contribution >= 4 is 17.2 Å². The van der Waals surface area contributed by atoms with Crippen molar-refractivity contribution in [3.05, 3.63) is 22.4 Å². The molecule has 2 atom stereocenters. The second-order valence-electron chi connectivity index (χ2n) is 6.97. The zero-order valence-corrected chi connectivity index (χ0v) is 14.6. The number of hydrogen-bond acceptors (Lipinski definition) is 4. The third kappa shape index (κ3) is 4.55. The molecule has 1 aromatic rings. The molecule has 3 heterocycles. The Kier molecular flexibility index (Phi) is 6.08. The lowest BCUT2D eigenvalue weighted by molar-refractivity contribution is -0.129. The summed E-state index contributed by atoms with van der Waals surface area (Å²) >= 11 is 1.64. The molecule has 0 saturated carbocycles. The molecule has 2 saturated heterocycles. The molecule has 0 unspecified atom stereocenters. The normalized spacial score (nSPS) is 26.4. The van der Waals surface area contributed by atoms with Gasteiger partial charge in [0.2, 0.25) is 5.91 Å². The van der Waals surface area contributed by atoms with Gasteiger partial charge in [-0.05, 0) is 43.3 Å². The maximum absolute atomic E-state index is 12.5. The van der Waals surface area contributed by atoms with Crippen LogP contribution in [0.3, 0.4) is 0 Å². The molecule has 0 aliphatic carbocycles. The molecule has 128 valence electrons. The van der Waals surface area contributed by atoms with E-state index >= 15 is 0 Å². The predicted octanol–water partition coefficient (Wildman–Crippen LogP) is 2.23. The van der Waals surface area contributed by atoms with Crippen LogP contribution in [0.1, 0.15) is 30.6 Å². The lowest BCUT2D eigenvalue weighted by Crippen LogP contribution is -2.35. The molecule has 3 rings (SSSR count). The molecule has 0 aromatic carbocycles. The van der Waals surface area contributed by atoms with Gasteiger partial charge in [0.1, 0.15) is 0 Å². The average Bonchev–Trinajstić information content (AvgIpc) is 3.12. The number of carbonyl (C=O) groups is 1. The van der Waals surface area contributed by atoms with Crippen LogP contribution in [0.2, 0.25) is 0 Å². The monoisotopic (exact) mass is 336 g/mol. The minimum absolute atomic E-state index is 0.196. The molecule has 4 nitrogen and oxygen atoms in total. The number of amides is 1. The number of thiophene rings is 1. The first-order valence-corrected chi connectivity index (χ1v) is 9.77. The van der Waals surface area contributed by atoms with Gasteiger partial charge < -0.3 is 14.9 Å². The highest BCUT2D eigenvalue weighted by Crippen LogP contribution is 2.26. The Bertz CT molecular complexity index is 483. The van der Waals surface area contributed by atoms with Gasteiger partial charge in [-0.2, -0.15) is 0 Å². The van der Waals surface area contributed by atoms with Crippen LogP contribution in [0, 0.1) is 11.8 Å². The topological polar surface area (TPSA) is 43.8 Å². The van der Waals surface area contributed by atoms with Gasteiger partial charge in [0.05, 0.1) is 6.42 Å². The maximum Gasteiger partial charge on any atom is 0.227 e. The van der Waals surface area contributed by atoms with E-state index in [0.717, 1.165) is 24.5 Å². The summed E-state index contributed by atoms with van der Waals surface area (Å²) in [5.41, 5.74) is 0. The van der Waals surface area contributed by atoms with E-state index in [1.807, 2.05) is 22.4 Å². The second-order valence-corrected chi connectivity index (χ2v) is 8.00. The van der Waals surface area contributed by atoms with Gasteiger partial charge in [-0.15, -0.1) is 11.3 Å². The van der Waals surface area contributed by atoms with Gasteiger partial charge in [-0.3, -0.25) is 4.79 Å². The highest BCUT2D eigenvalue weighted by Gasteiger charge is 2.35.